The van der Waals surface area contributed by atoms with E-state index in [1.54, 1.807) is 0 Å². The van der Waals surface area contributed by atoms with Gasteiger partial charge in [0.2, 0.25) is 82.7 Å². The van der Waals surface area contributed by atoms with Crippen molar-refractivity contribution in [2.24, 2.45) is 22.3 Å². The number of hydrogen-bond acceptors (Lipinski definition) is 20. The third kappa shape index (κ3) is 22.2. The van der Waals surface area contributed by atoms with Crippen LogP contribution in [0.5, 0.6) is 11.5 Å². The number of nitrogens with two attached hydrogens (primary N) is 3. The Morgan fingerprint density at radius 2 is 1.08 bits per heavy atom. The summed E-state index contributed by atoms with van der Waals surface area (Å²) in [6.07, 6.45) is -2.52. The minimum Gasteiger partial charge on any atom is -0.508 e. The van der Waals surface area contributed by atoms with Gasteiger partial charge in [0.05, 0.1) is 57.5 Å². The minimum absolute atomic E-state index is 0.170. The van der Waals surface area contributed by atoms with Crippen LogP contribution in [-0.4, -0.2) is 218 Å². The molecule has 4 rings (SSSR count). The third-order valence-electron chi connectivity index (χ3n) is 12.1. The molecule has 36 heteroatoms. The molecular formula is C48H63N17O17S2. The molecule has 2 fully saturated rings. The molecule has 0 aromatic heterocycles. The molecule has 0 spiro atoms. The molecule has 2 aromatic rings. The van der Waals surface area contributed by atoms with Gasteiger partial charge in [0.1, 0.15) is 60.3 Å². The number of aliphatic hydroxyl groups excluding tert-OH is 1. The van der Waals surface area contributed by atoms with Crippen LogP contribution < -0.4 is 59.7 Å². The van der Waals surface area contributed by atoms with E-state index in [-0.39, 0.29) is 30.1 Å². The summed E-state index contributed by atoms with van der Waals surface area (Å²) in [7, 11) is 0. The third-order valence-corrected chi connectivity index (χ3v) is 14.1. The lowest BCUT2D eigenvalue weighted by atomic mass is 10.0. The number of benzene rings is 2. The number of nitrogens with one attached hydrogen (secondary N) is 8. The van der Waals surface area contributed by atoms with Gasteiger partial charge in [0.25, 0.3) is 0 Å². The van der Waals surface area contributed by atoms with Gasteiger partial charge in [-0.05, 0) is 40.9 Å². The first-order valence-corrected chi connectivity index (χ1v) is 27.5. The van der Waals surface area contributed by atoms with Crippen molar-refractivity contribution < 1.29 is 82.4 Å². The Bertz CT molecular complexity index is 2860. The van der Waals surface area contributed by atoms with Gasteiger partial charge in [-0.25, -0.2) is 0 Å². The highest BCUT2D eigenvalue weighted by Gasteiger charge is 2.36. The fraction of sp³-hybridized carbons (Fsp3) is 0.458. The molecule has 2 bridgehead atoms. The van der Waals surface area contributed by atoms with E-state index in [0.717, 1.165) is 45.1 Å². The monoisotopic (exact) mass is 1210 g/mol. The first kappa shape index (κ1) is 67.1. The minimum atomic E-state index is -1.88. The molecule has 2 aliphatic rings. The second kappa shape index (κ2) is 32.9. The zero-order chi connectivity index (χ0) is 62.2. The Labute approximate surface area is 485 Å². The number of thioether (sulfide) groups is 2. The van der Waals surface area contributed by atoms with E-state index >= 15 is 0 Å². The lowest BCUT2D eigenvalue weighted by Crippen LogP contribution is -2.60. The topological polar surface area (TPSA) is 532 Å². The van der Waals surface area contributed by atoms with Crippen LogP contribution in [0.25, 0.3) is 10.4 Å². The number of rotatable bonds is 13. The van der Waals surface area contributed by atoms with Crippen LogP contribution in [-0.2, 0) is 80.0 Å². The van der Waals surface area contributed by atoms with Gasteiger partial charge in [-0.15, -0.1) is 23.5 Å². The second-order valence-corrected chi connectivity index (χ2v) is 20.8. The number of hydrogen-bond donors (Lipinski definition) is 14. The molecule has 84 heavy (non-hydrogen) atoms. The standard InChI is InChI=1S/C48H63N17O17S2/c1-24(67)55-35-18-84-20-41(75)65-22-63(39(73)15-54-62-52)21-64(23-65)40(74)19-83-17-34(42(51)76)61-46(80)32(13-37(50)71)59-47(81)33(16-66)56-38(72)14-53-43(77)29(10-25-2-6-27(68)7-3-25)57-44(78)30(11-26-4-8-28(69)9-5-26)58-45(79)31(12-36(49)70)60-48(35)82/h2-9,29-35,66,68-69H,10-23H2,1H3,(H2,49,70)(H2,50,71)(H2,51,76)(H,53,77)(H,55,67)(H,56,72)(H,57,78)(H,58,79)(H,59,81)(H,60,82)(H,61,80)/t29-,30-,31-,32-,33-,34-,35-/m0/s1. The zero-order valence-electron chi connectivity index (χ0n) is 44.8. The highest BCUT2D eigenvalue weighted by atomic mass is 32.2. The Balaban J connectivity index is 1.75. The fourth-order valence-electron chi connectivity index (χ4n) is 7.82. The summed E-state index contributed by atoms with van der Waals surface area (Å²) in [5, 5.41) is 51.7. The molecule has 2 aliphatic heterocycles. The van der Waals surface area contributed by atoms with Crippen molar-refractivity contribution in [3.05, 3.63) is 70.1 Å². The molecule has 7 atom stereocenters. The van der Waals surface area contributed by atoms with Crippen LogP contribution in [0.1, 0.15) is 30.9 Å². The van der Waals surface area contributed by atoms with Crippen LogP contribution in [0, 0.1) is 0 Å². The number of nitrogens with zero attached hydrogens (tertiary/aromatic N) is 6. The van der Waals surface area contributed by atoms with Crippen molar-refractivity contribution in [1.82, 2.24) is 57.2 Å². The molecule has 17 N–H and O–H groups in total. The predicted octanol–water partition coefficient (Wildman–Crippen LogP) is -7.20. The number of phenols is 2. The summed E-state index contributed by atoms with van der Waals surface area (Å²) < 4.78 is 0. The Kier molecular flexibility index (Phi) is 26.3. The molecular weight excluding hydrogens is 1150 g/mol. The number of aromatic hydroxyl groups is 2. The Morgan fingerprint density at radius 1 is 0.631 bits per heavy atom. The number of amides is 14. The summed E-state index contributed by atoms with van der Waals surface area (Å²) in [5.41, 5.74) is 25.9. The van der Waals surface area contributed by atoms with Crippen molar-refractivity contribution in [3.8, 4) is 11.5 Å². The van der Waals surface area contributed by atoms with Crippen LogP contribution in [0.4, 0.5) is 0 Å². The molecule has 0 unspecified atom stereocenters. The van der Waals surface area contributed by atoms with Crippen molar-refractivity contribution in [3.63, 3.8) is 0 Å². The number of aliphatic hydroxyl groups is 1. The Hall–Kier alpha value is -9.41. The molecule has 0 aliphatic carbocycles. The number of fused-ring (bicyclic) bond motifs is 2. The van der Waals surface area contributed by atoms with Crippen LogP contribution in [0.15, 0.2) is 53.6 Å². The molecule has 2 heterocycles. The molecule has 2 aromatic carbocycles. The smallest absolute Gasteiger partial charge is 0.245 e. The van der Waals surface area contributed by atoms with Gasteiger partial charge in [0.15, 0.2) is 0 Å². The number of carbonyl (C=O) groups is 14. The van der Waals surface area contributed by atoms with E-state index < -0.39 is 195 Å². The summed E-state index contributed by atoms with van der Waals surface area (Å²) in [4.78, 5) is 193. The van der Waals surface area contributed by atoms with E-state index in [1.807, 2.05) is 0 Å². The van der Waals surface area contributed by atoms with E-state index in [2.05, 4.69) is 52.6 Å². The molecule has 14 amide bonds. The normalized spacial score (nSPS) is 22.7. The van der Waals surface area contributed by atoms with E-state index in [0.29, 0.717) is 11.1 Å². The van der Waals surface area contributed by atoms with Crippen LogP contribution >= 0.6 is 23.5 Å². The van der Waals surface area contributed by atoms with Gasteiger partial charge in [-0.2, -0.15) is 0 Å². The molecule has 2 saturated heterocycles. The second-order valence-electron chi connectivity index (χ2n) is 18.7. The molecule has 0 radical (unpaired) electrons. The molecule has 34 nitrogen and oxygen atoms in total. The average Bonchev–Trinajstić information content (AvgIpc) is 3.62. The van der Waals surface area contributed by atoms with Crippen molar-refractivity contribution >= 4 is 106 Å². The number of azide groups is 1. The van der Waals surface area contributed by atoms with E-state index in [9.17, 15) is 82.4 Å². The maximum absolute atomic E-state index is 14.4. The van der Waals surface area contributed by atoms with Gasteiger partial charge in [-0.3, -0.25) is 67.1 Å². The Morgan fingerprint density at radius 3 is 1.56 bits per heavy atom. The van der Waals surface area contributed by atoms with Gasteiger partial charge >= 0.3 is 0 Å². The summed E-state index contributed by atoms with van der Waals surface area (Å²) >= 11 is 1.51. The quantitative estimate of drug-likeness (QED) is 0.0503. The summed E-state index contributed by atoms with van der Waals surface area (Å²) in [6, 6.07) is -1.44. The van der Waals surface area contributed by atoms with Gasteiger partial charge in [0, 0.05) is 36.2 Å². The lowest BCUT2D eigenvalue weighted by molar-refractivity contribution is -0.156. The number of carbonyl (C=O) groups excluding carboxylic acids is 14. The summed E-state index contributed by atoms with van der Waals surface area (Å²) in [5.74, 6) is -16.6. The maximum atomic E-state index is 14.4. The maximum Gasteiger partial charge on any atom is 0.245 e. The fourth-order valence-corrected chi connectivity index (χ4v) is 9.72. The SMILES string of the molecule is CC(=O)N[C@H]1CSCC(=O)N2CN(C(=O)CN=[N+]=[N-])CN(C2)C(=O)CSC[C@@H](C(N)=O)NC(=O)[C@H](CC(N)=O)NC(=O)[C@H](CO)NC(=O)CNC(=O)[C@H](Cc2ccc(O)cc2)NC(=O)[C@H](Cc2ccc(O)cc2)NC(=O)[C@H](CC(N)=O)NC1=O. The number of primary amides is 3. The van der Waals surface area contributed by atoms with Gasteiger partial charge in [-0.1, -0.05) is 29.4 Å². The highest BCUT2D eigenvalue weighted by Crippen LogP contribution is 2.17. The van der Waals surface area contributed by atoms with Crippen molar-refractivity contribution in [1.29, 1.82) is 0 Å². The van der Waals surface area contributed by atoms with E-state index in [4.69, 9.17) is 22.7 Å². The first-order chi connectivity index (χ1) is 39.8. The van der Waals surface area contributed by atoms with Crippen molar-refractivity contribution in [2.75, 3.05) is 62.7 Å². The summed E-state index contributed by atoms with van der Waals surface area (Å²) in [6.45, 7) is -3.06. The average molecular weight is 1210 g/mol. The lowest BCUT2D eigenvalue weighted by Gasteiger charge is -2.42. The van der Waals surface area contributed by atoms with Crippen LogP contribution in [0.3, 0.4) is 0 Å². The zero-order valence-corrected chi connectivity index (χ0v) is 46.5. The van der Waals surface area contributed by atoms with Crippen LogP contribution in [0.2, 0.25) is 0 Å². The largest absolute Gasteiger partial charge is 0.508 e. The van der Waals surface area contributed by atoms with Gasteiger partial charge < -0.3 is 89.8 Å². The van der Waals surface area contributed by atoms with Crippen molar-refractivity contribution in [2.45, 2.75) is 74.9 Å². The molecule has 454 valence electrons. The predicted molar refractivity (Wildman–Crippen MR) is 294 cm³/mol. The number of phenolic OH excluding ortho intramolecular Hbond substituents is 2. The van der Waals surface area contributed by atoms with E-state index in [1.165, 1.54) is 48.5 Å². The highest BCUT2D eigenvalue weighted by molar-refractivity contribution is 8.00. The molecule has 0 saturated carbocycles. The first-order valence-electron chi connectivity index (χ1n) is 25.2.